The van der Waals surface area contributed by atoms with Crippen LogP contribution in [0.15, 0.2) is 47.3 Å². The van der Waals surface area contributed by atoms with Gasteiger partial charge in [0, 0.05) is 18.8 Å². The second kappa shape index (κ2) is 6.75. The summed E-state index contributed by atoms with van der Waals surface area (Å²) in [5, 5.41) is 2.88. The maximum atomic E-state index is 12.4. The van der Waals surface area contributed by atoms with Crippen LogP contribution in [0.5, 0.6) is 0 Å². The Kier molecular flexibility index (Phi) is 4.32. The lowest BCUT2D eigenvalue weighted by molar-refractivity contribution is -0.138. The van der Waals surface area contributed by atoms with Gasteiger partial charge in [-0.15, -0.1) is 0 Å². The maximum absolute atomic E-state index is 12.4. The van der Waals surface area contributed by atoms with Crippen LogP contribution in [-0.2, 0) is 16.1 Å². The smallest absolute Gasteiger partial charge is 0.253 e. The number of rotatable bonds is 4. The van der Waals surface area contributed by atoms with Gasteiger partial charge in [0.1, 0.15) is 11.9 Å². The van der Waals surface area contributed by atoms with Crippen LogP contribution in [0, 0.1) is 0 Å². The minimum Gasteiger partial charge on any atom is -0.468 e. The predicted octanol–water partition coefficient (Wildman–Crippen LogP) is 2.44. The number of amides is 1. The van der Waals surface area contributed by atoms with E-state index in [-0.39, 0.29) is 18.1 Å². The first-order chi connectivity index (χ1) is 11.8. The number of carbonyl (C=O) groups excluding carboxylic acids is 1. The Balaban J connectivity index is 1.34. The first kappa shape index (κ1) is 15.4. The molecule has 0 saturated carbocycles. The van der Waals surface area contributed by atoms with Crippen molar-refractivity contribution in [1.29, 1.82) is 0 Å². The molecule has 2 fully saturated rings. The second-order valence-corrected chi connectivity index (χ2v) is 6.38. The SMILES string of the molecule is O=C(Nc1cccnc1)[C@H]1CC[C@@H]2[C@@H](CCN2Cc2ccco2)O1. The van der Waals surface area contributed by atoms with Crippen molar-refractivity contribution in [2.24, 2.45) is 0 Å². The summed E-state index contributed by atoms with van der Waals surface area (Å²) >= 11 is 0. The van der Waals surface area contributed by atoms with Gasteiger partial charge in [-0.2, -0.15) is 0 Å². The third-order valence-electron chi connectivity index (χ3n) is 4.82. The Hall–Kier alpha value is -2.18. The fraction of sp³-hybridized carbons (Fsp3) is 0.444. The van der Waals surface area contributed by atoms with Crippen LogP contribution in [-0.4, -0.2) is 40.6 Å². The van der Waals surface area contributed by atoms with Crippen LogP contribution < -0.4 is 5.32 Å². The van der Waals surface area contributed by atoms with Crippen LogP contribution in [0.3, 0.4) is 0 Å². The van der Waals surface area contributed by atoms with Crippen molar-refractivity contribution in [3.05, 3.63) is 48.7 Å². The average molecular weight is 327 g/mol. The molecular weight excluding hydrogens is 306 g/mol. The Labute approximate surface area is 140 Å². The van der Waals surface area contributed by atoms with Crippen molar-refractivity contribution >= 4 is 11.6 Å². The Bertz CT molecular complexity index is 674. The molecule has 2 aliphatic rings. The van der Waals surface area contributed by atoms with Gasteiger partial charge < -0.3 is 14.5 Å². The van der Waals surface area contributed by atoms with Gasteiger partial charge in [-0.3, -0.25) is 14.7 Å². The van der Waals surface area contributed by atoms with Gasteiger partial charge in [-0.25, -0.2) is 0 Å². The van der Waals surface area contributed by atoms with Crippen LogP contribution in [0.1, 0.15) is 25.0 Å². The molecule has 0 aromatic carbocycles. The van der Waals surface area contributed by atoms with Gasteiger partial charge in [-0.05, 0) is 43.5 Å². The zero-order chi connectivity index (χ0) is 16.4. The van der Waals surface area contributed by atoms with Crippen LogP contribution in [0.2, 0.25) is 0 Å². The molecule has 6 heteroatoms. The van der Waals surface area contributed by atoms with E-state index in [0.29, 0.717) is 11.7 Å². The number of anilines is 1. The molecule has 126 valence electrons. The molecule has 0 spiro atoms. The van der Waals surface area contributed by atoms with Crippen molar-refractivity contribution in [3.8, 4) is 0 Å². The van der Waals surface area contributed by atoms with E-state index >= 15 is 0 Å². The number of hydrogen-bond acceptors (Lipinski definition) is 5. The second-order valence-electron chi connectivity index (χ2n) is 6.38. The lowest BCUT2D eigenvalue weighted by Gasteiger charge is -2.35. The van der Waals surface area contributed by atoms with E-state index in [4.69, 9.17) is 9.15 Å². The minimum atomic E-state index is -0.380. The van der Waals surface area contributed by atoms with E-state index in [9.17, 15) is 4.79 Å². The summed E-state index contributed by atoms with van der Waals surface area (Å²) < 4.78 is 11.5. The van der Waals surface area contributed by atoms with Crippen LogP contribution in [0.25, 0.3) is 0 Å². The van der Waals surface area contributed by atoms with E-state index < -0.39 is 0 Å². The van der Waals surface area contributed by atoms with Crippen molar-refractivity contribution in [2.75, 3.05) is 11.9 Å². The summed E-state index contributed by atoms with van der Waals surface area (Å²) in [5.41, 5.74) is 0.707. The third kappa shape index (κ3) is 3.20. The van der Waals surface area contributed by atoms with E-state index in [1.807, 2.05) is 18.2 Å². The Morgan fingerprint density at radius 1 is 1.29 bits per heavy atom. The summed E-state index contributed by atoms with van der Waals surface area (Å²) in [6.45, 7) is 1.79. The number of likely N-dealkylation sites (tertiary alicyclic amines) is 1. The maximum Gasteiger partial charge on any atom is 0.253 e. The number of furan rings is 1. The van der Waals surface area contributed by atoms with Gasteiger partial charge in [0.25, 0.3) is 5.91 Å². The average Bonchev–Trinajstić information content (AvgIpc) is 3.26. The van der Waals surface area contributed by atoms with Gasteiger partial charge in [0.15, 0.2) is 0 Å². The molecule has 2 aliphatic heterocycles. The Morgan fingerprint density at radius 2 is 2.25 bits per heavy atom. The lowest BCUT2D eigenvalue weighted by Crippen LogP contribution is -2.46. The molecule has 0 radical (unpaired) electrons. The Morgan fingerprint density at radius 3 is 3.04 bits per heavy atom. The lowest BCUT2D eigenvalue weighted by atomic mass is 9.98. The molecule has 1 amide bonds. The number of carbonyl (C=O) groups is 1. The van der Waals surface area contributed by atoms with Gasteiger partial charge in [0.2, 0.25) is 0 Å². The molecule has 4 rings (SSSR count). The molecule has 1 N–H and O–H groups in total. The van der Waals surface area contributed by atoms with Crippen LogP contribution in [0.4, 0.5) is 5.69 Å². The highest BCUT2D eigenvalue weighted by Crippen LogP contribution is 2.32. The summed E-state index contributed by atoms with van der Waals surface area (Å²) in [7, 11) is 0. The molecule has 24 heavy (non-hydrogen) atoms. The molecule has 0 aliphatic carbocycles. The molecule has 6 nitrogen and oxygen atoms in total. The topological polar surface area (TPSA) is 67.6 Å². The summed E-state index contributed by atoms with van der Waals surface area (Å²) in [6.07, 6.45) is 7.45. The number of fused-ring (bicyclic) bond motifs is 1. The molecule has 3 atom stereocenters. The summed E-state index contributed by atoms with van der Waals surface area (Å²) in [4.78, 5) is 18.8. The highest BCUT2D eigenvalue weighted by atomic mass is 16.5. The molecule has 0 unspecified atom stereocenters. The van der Waals surface area contributed by atoms with Crippen LogP contribution >= 0.6 is 0 Å². The summed E-state index contributed by atoms with van der Waals surface area (Å²) in [6, 6.07) is 7.92. The largest absolute Gasteiger partial charge is 0.468 e. The quantitative estimate of drug-likeness (QED) is 0.934. The number of nitrogens with zero attached hydrogens (tertiary/aromatic N) is 2. The normalized spacial score (nSPS) is 26.9. The minimum absolute atomic E-state index is 0.0778. The van der Waals surface area contributed by atoms with Crippen molar-refractivity contribution < 1.29 is 13.9 Å². The number of hydrogen-bond donors (Lipinski definition) is 1. The number of aromatic nitrogens is 1. The highest BCUT2D eigenvalue weighted by molar-refractivity contribution is 5.94. The molecular formula is C18H21N3O3. The number of ether oxygens (including phenoxy) is 1. The molecule has 2 aromatic rings. The van der Waals surface area contributed by atoms with Crippen molar-refractivity contribution in [1.82, 2.24) is 9.88 Å². The molecule has 0 bridgehead atoms. The first-order valence-corrected chi connectivity index (χ1v) is 8.42. The molecule has 2 aromatic heterocycles. The van der Waals surface area contributed by atoms with E-state index in [2.05, 4.69) is 15.2 Å². The van der Waals surface area contributed by atoms with Gasteiger partial charge in [0.05, 0.1) is 30.8 Å². The fourth-order valence-electron chi connectivity index (χ4n) is 3.67. The van der Waals surface area contributed by atoms with E-state index in [1.165, 1.54) is 0 Å². The standard InChI is InChI=1S/C18H21N3O3/c22-18(20-13-3-1-8-19-11-13)17-6-5-15-16(24-17)7-9-21(15)12-14-4-2-10-23-14/h1-4,8,10-11,15-17H,5-7,9,12H2,(H,20,22)/t15-,16-,17-/m1/s1. The monoisotopic (exact) mass is 327 g/mol. The zero-order valence-corrected chi connectivity index (χ0v) is 13.4. The summed E-state index contributed by atoms with van der Waals surface area (Å²) in [5.74, 6) is 0.901. The fourth-order valence-corrected chi connectivity index (χ4v) is 3.67. The highest BCUT2D eigenvalue weighted by Gasteiger charge is 2.41. The zero-order valence-electron chi connectivity index (χ0n) is 13.4. The van der Waals surface area contributed by atoms with Gasteiger partial charge >= 0.3 is 0 Å². The first-order valence-electron chi connectivity index (χ1n) is 8.42. The molecule has 2 saturated heterocycles. The third-order valence-corrected chi connectivity index (χ3v) is 4.82. The molecule has 4 heterocycles. The predicted molar refractivity (Wildman–Crippen MR) is 88.3 cm³/mol. The number of pyridine rings is 1. The van der Waals surface area contributed by atoms with E-state index in [0.717, 1.165) is 38.1 Å². The number of nitrogens with one attached hydrogen (secondary N) is 1. The van der Waals surface area contributed by atoms with E-state index in [1.54, 1.807) is 24.7 Å². The van der Waals surface area contributed by atoms with Gasteiger partial charge in [-0.1, -0.05) is 0 Å². The van der Waals surface area contributed by atoms with Crippen molar-refractivity contribution in [3.63, 3.8) is 0 Å². The van der Waals surface area contributed by atoms with Crippen molar-refractivity contribution in [2.45, 2.75) is 44.1 Å².